The van der Waals surface area contributed by atoms with Crippen molar-refractivity contribution >= 4 is 23.8 Å². The first-order chi connectivity index (χ1) is 16.4. The summed E-state index contributed by atoms with van der Waals surface area (Å²) >= 11 is 0. The molecular weight excluding hydrogens is 436 g/mol. The van der Waals surface area contributed by atoms with E-state index in [1.165, 1.54) is 12.0 Å². The molecule has 1 saturated heterocycles. The maximum absolute atomic E-state index is 13.6. The second-order valence-corrected chi connectivity index (χ2v) is 8.36. The summed E-state index contributed by atoms with van der Waals surface area (Å²) in [4.78, 5) is 52.5. The molecule has 1 N–H and O–H groups in total. The van der Waals surface area contributed by atoms with Crippen molar-refractivity contribution in [2.75, 3.05) is 13.7 Å². The maximum Gasteiger partial charge on any atom is 0.329 e. The predicted octanol–water partition coefficient (Wildman–Crippen LogP) is 2.72. The molecule has 1 heterocycles. The number of likely N-dealkylation sites (tertiary alicyclic amines) is 1. The van der Waals surface area contributed by atoms with Gasteiger partial charge in [0.1, 0.15) is 18.7 Å². The highest BCUT2D eigenvalue weighted by molar-refractivity contribution is 5.98. The number of ether oxygens (including phenoxy) is 2. The molecule has 0 spiro atoms. The molecule has 0 aliphatic carbocycles. The molecule has 0 radical (unpaired) electrons. The lowest BCUT2D eigenvalue weighted by Gasteiger charge is -2.31. The van der Waals surface area contributed by atoms with Crippen molar-refractivity contribution < 1.29 is 28.7 Å². The number of benzene rings is 2. The number of amides is 2. The van der Waals surface area contributed by atoms with E-state index in [1.54, 1.807) is 37.3 Å². The minimum absolute atomic E-state index is 0.0566. The SMILES string of the molecule is COC(=O)CC(C)[C@H](NC(=O)c1ccccc1)C(=O)N1CCC[C@H]1C(=O)OCc1ccccc1. The number of hydrogen-bond donors (Lipinski definition) is 1. The number of hydrogen-bond acceptors (Lipinski definition) is 6. The van der Waals surface area contributed by atoms with Crippen LogP contribution in [-0.2, 0) is 30.5 Å². The Hall–Kier alpha value is -3.68. The molecule has 0 bridgehead atoms. The van der Waals surface area contributed by atoms with Crippen molar-refractivity contribution in [1.82, 2.24) is 10.2 Å². The molecule has 180 valence electrons. The minimum Gasteiger partial charge on any atom is -0.469 e. The van der Waals surface area contributed by atoms with Crippen LogP contribution in [0.5, 0.6) is 0 Å². The maximum atomic E-state index is 13.6. The first-order valence-corrected chi connectivity index (χ1v) is 11.3. The van der Waals surface area contributed by atoms with Gasteiger partial charge in [-0.15, -0.1) is 0 Å². The lowest BCUT2D eigenvalue weighted by Crippen LogP contribution is -2.54. The molecule has 1 unspecified atom stereocenters. The van der Waals surface area contributed by atoms with Crippen LogP contribution in [0.2, 0.25) is 0 Å². The van der Waals surface area contributed by atoms with Crippen molar-refractivity contribution in [2.45, 2.75) is 44.9 Å². The third-order valence-corrected chi connectivity index (χ3v) is 5.91. The van der Waals surface area contributed by atoms with Crippen molar-refractivity contribution in [3.63, 3.8) is 0 Å². The van der Waals surface area contributed by atoms with E-state index >= 15 is 0 Å². The average molecular weight is 467 g/mol. The second kappa shape index (κ2) is 12.0. The summed E-state index contributed by atoms with van der Waals surface area (Å²) in [5.74, 6) is -2.37. The van der Waals surface area contributed by atoms with Crippen molar-refractivity contribution in [1.29, 1.82) is 0 Å². The van der Waals surface area contributed by atoms with Crippen molar-refractivity contribution in [2.24, 2.45) is 5.92 Å². The van der Waals surface area contributed by atoms with Crippen molar-refractivity contribution in [3.05, 3.63) is 71.8 Å². The van der Waals surface area contributed by atoms with E-state index in [1.807, 2.05) is 30.3 Å². The monoisotopic (exact) mass is 466 g/mol. The molecule has 8 nitrogen and oxygen atoms in total. The van der Waals surface area contributed by atoms with E-state index in [0.29, 0.717) is 24.9 Å². The topological polar surface area (TPSA) is 102 Å². The molecule has 0 saturated carbocycles. The van der Waals surface area contributed by atoms with Crippen LogP contribution in [0.15, 0.2) is 60.7 Å². The normalized spacial score (nSPS) is 16.9. The van der Waals surface area contributed by atoms with Gasteiger partial charge in [0, 0.05) is 12.1 Å². The van der Waals surface area contributed by atoms with E-state index < -0.39 is 41.8 Å². The van der Waals surface area contributed by atoms with Crippen LogP contribution in [0.4, 0.5) is 0 Å². The van der Waals surface area contributed by atoms with Gasteiger partial charge < -0.3 is 19.7 Å². The molecule has 2 aromatic carbocycles. The zero-order chi connectivity index (χ0) is 24.5. The number of carbonyl (C=O) groups is 4. The molecule has 3 atom stereocenters. The third-order valence-electron chi connectivity index (χ3n) is 5.91. The fourth-order valence-electron chi connectivity index (χ4n) is 4.00. The van der Waals surface area contributed by atoms with Gasteiger partial charge in [-0.3, -0.25) is 14.4 Å². The zero-order valence-electron chi connectivity index (χ0n) is 19.4. The van der Waals surface area contributed by atoms with E-state index in [-0.39, 0.29) is 13.0 Å². The fourth-order valence-corrected chi connectivity index (χ4v) is 4.00. The molecule has 8 heteroatoms. The lowest BCUT2D eigenvalue weighted by atomic mass is 9.96. The highest BCUT2D eigenvalue weighted by atomic mass is 16.5. The van der Waals surface area contributed by atoms with Crippen LogP contribution < -0.4 is 5.32 Å². The summed E-state index contributed by atoms with van der Waals surface area (Å²) in [6.45, 7) is 2.18. The number of esters is 2. The van der Waals surface area contributed by atoms with E-state index in [0.717, 1.165) is 5.56 Å². The van der Waals surface area contributed by atoms with Gasteiger partial charge in [-0.1, -0.05) is 55.5 Å². The van der Waals surface area contributed by atoms with Crippen LogP contribution in [0.1, 0.15) is 42.1 Å². The second-order valence-electron chi connectivity index (χ2n) is 8.36. The largest absolute Gasteiger partial charge is 0.469 e. The van der Waals surface area contributed by atoms with Gasteiger partial charge in [0.05, 0.1) is 13.5 Å². The molecule has 2 aromatic rings. The molecule has 1 fully saturated rings. The number of nitrogens with zero attached hydrogens (tertiary/aromatic N) is 1. The molecule has 3 rings (SSSR count). The van der Waals surface area contributed by atoms with Gasteiger partial charge in [-0.25, -0.2) is 4.79 Å². The van der Waals surface area contributed by atoms with Gasteiger partial charge in [0.15, 0.2) is 0 Å². The van der Waals surface area contributed by atoms with Gasteiger partial charge in [0.25, 0.3) is 5.91 Å². The Morgan fingerprint density at radius 2 is 1.68 bits per heavy atom. The molecule has 0 aromatic heterocycles. The third kappa shape index (κ3) is 6.43. The van der Waals surface area contributed by atoms with Gasteiger partial charge >= 0.3 is 11.9 Å². The molecule has 2 amide bonds. The van der Waals surface area contributed by atoms with Crippen LogP contribution in [0, 0.1) is 5.92 Å². The van der Waals surface area contributed by atoms with Crippen LogP contribution in [-0.4, -0.2) is 54.4 Å². The smallest absolute Gasteiger partial charge is 0.329 e. The lowest BCUT2D eigenvalue weighted by molar-refractivity contribution is -0.155. The number of rotatable bonds is 9. The zero-order valence-corrected chi connectivity index (χ0v) is 19.4. The minimum atomic E-state index is -1.01. The predicted molar refractivity (Wildman–Crippen MR) is 124 cm³/mol. The van der Waals surface area contributed by atoms with Gasteiger partial charge in [0.2, 0.25) is 5.91 Å². The van der Waals surface area contributed by atoms with Crippen LogP contribution >= 0.6 is 0 Å². The highest BCUT2D eigenvalue weighted by Crippen LogP contribution is 2.23. The Kier molecular flexibility index (Phi) is 8.79. The Bertz CT molecular complexity index is 995. The van der Waals surface area contributed by atoms with Crippen molar-refractivity contribution in [3.8, 4) is 0 Å². The molecule has 1 aliphatic heterocycles. The first kappa shape index (κ1) is 25.0. The average Bonchev–Trinajstić information content (AvgIpc) is 3.36. The summed E-state index contributed by atoms with van der Waals surface area (Å²) in [7, 11) is 1.27. The summed E-state index contributed by atoms with van der Waals surface area (Å²) in [6.07, 6.45) is 1.06. The fraction of sp³-hybridized carbons (Fsp3) is 0.385. The molecule has 34 heavy (non-hydrogen) atoms. The first-order valence-electron chi connectivity index (χ1n) is 11.3. The standard InChI is InChI=1S/C26H30N2O6/c1-18(16-22(29)33-2)23(27-24(30)20-12-7-4-8-13-20)25(31)28-15-9-14-21(28)26(32)34-17-19-10-5-3-6-11-19/h3-8,10-13,18,21,23H,9,14-17H2,1-2H3,(H,27,30)/t18?,21-,23-/m0/s1. The number of methoxy groups -OCH3 is 1. The summed E-state index contributed by atoms with van der Waals surface area (Å²) in [5, 5.41) is 2.77. The highest BCUT2D eigenvalue weighted by Gasteiger charge is 2.40. The van der Waals surface area contributed by atoms with Crippen LogP contribution in [0.25, 0.3) is 0 Å². The van der Waals surface area contributed by atoms with Gasteiger partial charge in [-0.05, 0) is 36.5 Å². The summed E-state index contributed by atoms with van der Waals surface area (Å²) in [6, 6.07) is 16.1. The van der Waals surface area contributed by atoms with Crippen LogP contribution in [0.3, 0.4) is 0 Å². The quantitative estimate of drug-likeness (QED) is 0.570. The van der Waals surface area contributed by atoms with E-state index in [2.05, 4.69) is 5.32 Å². The molecular formula is C26H30N2O6. The Balaban J connectivity index is 1.74. The summed E-state index contributed by atoms with van der Waals surface area (Å²) in [5.41, 5.74) is 1.25. The Morgan fingerprint density at radius 3 is 2.32 bits per heavy atom. The van der Waals surface area contributed by atoms with E-state index in [9.17, 15) is 19.2 Å². The Morgan fingerprint density at radius 1 is 1.03 bits per heavy atom. The van der Waals surface area contributed by atoms with Gasteiger partial charge in [-0.2, -0.15) is 0 Å². The number of carbonyl (C=O) groups excluding carboxylic acids is 4. The van der Waals surface area contributed by atoms with E-state index in [4.69, 9.17) is 9.47 Å². The molecule has 1 aliphatic rings. The number of nitrogens with one attached hydrogen (secondary N) is 1. The Labute approximate surface area is 199 Å². The summed E-state index contributed by atoms with van der Waals surface area (Å²) < 4.78 is 10.2.